The highest BCUT2D eigenvalue weighted by Gasteiger charge is 2.03. The zero-order valence-electron chi connectivity index (χ0n) is 5.54. The van der Waals surface area contributed by atoms with E-state index in [0.29, 0.717) is 0 Å². The van der Waals surface area contributed by atoms with Gasteiger partial charge in [-0.1, -0.05) is 12.7 Å². The highest BCUT2D eigenvalue weighted by atomic mass is 15.2. The molecule has 0 aromatic heterocycles. The van der Waals surface area contributed by atoms with Crippen LogP contribution in [0.15, 0.2) is 41.2 Å². The molecule has 0 bridgehead atoms. The molecule has 10 heavy (non-hydrogen) atoms. The van der Waals surface area contributed by atoms with E-state index in [1.54, 1.807) is 24.4 Å². The van der Waals surface area contributed by atoms with Gasteiger partial charge in [0.05, 0.1) is 11.4 Å². The molecule has 0 aliphatic carbocycles. The maximum absolute atomic E-state index is 5.18. The Morgan fingerprint density at radius 3 is 3.10 bits per heavy atom. The SMILES string of the molecule is C=C/C=C1/N=CC=C1NN. The summed E-state index contributed by atoms with van der Waals surface area (Å²) in [5, 5.41) is 0. The first-order valence-corrected chi connectivity index (χ1v) is 2.92. The molecule has 1 rings (SSSR count). The van der Waals surface area contributed by atoms with E-state index in [9.17, 15) is 0 Å². The Balaban J connectivity index is 2.80. The van der Waals surface area contributed by atoms with Crippen LogP contribution >= 0.6 is 0 Å². The van der Waals surface area contributed by atoms with Gasteiger partial charge in [-0.25, -0.2) is 0 Å². The van der Waals surface area contributed by atoms with Crippen LogP contribution in [0.1, 0.15) is 0 Å². The molecule has 0 aromatic carbocycles. The van der Waals surface area contributed by atoms with Crippen LogP contribution in [0.25, 0.3) is 0 Å². The normalized spacial score (nSPS) is 19.3. The third-order valence-electron chi connectivity index (χ3n) is 1.16. The molecule has 0 atom stereocenters. The maximum Gasteiger partial charge on any atom is 0.0874 e. The number of hydrogen-bond acceptors (Lipinski definition) is 3. The number of nitrogens with one attached hydrogen (secondary N) is 1. The van der Waals surface area contributed by atoms with E-state index in [1.165, 1.54) is 0 Å². The van der Waals surface area contributed by atoms with Crippen LogP contribution in [-0.4, -0.2) is 6.21 Å². The minimum Gasteiger partial charge on any atom is -0.322 e. The number of aliphatic imine (C=N–C) groups is 1. The number of rotatable bonds is 2. The summed E-state index contributed by atoms with van der Waals surface area (Å²) in [6.07, 6.45) is 6.94. The Labute approximate surface area is 59.6 Å². The van der Waals surface area contributed by atoms with E-state index in [2.05, 4.69) is 17.0 Å². The minimum absolute atomic E-state index is 0.817. The van der Waals surface area contributed by atoms with Gasteiger partial charge >= 0.3 is 0 Å². The quantitative estimate of drug-likeness (QED) is 0.427. The molecule has 1 heterocycles. The summed E-state index contributed by atoms with van der Waals surface area (Å²) in [5.74, 6) is 5.18. The van der Waals surface area contributed by atoms with Crippen molar-refractivity contribution in [3.63, 3.8) is 0 Å². The lowest BCUT2D eigenvalue weighted by Crippen LogP contribution is -2.20. The fourth-order valence-corrected chi connectivity index (χ4v) is 0.714. The van der Waals surface area contributed by atoms with Crippen LogP contribution in [-0.2, 0) is 0 Å². The Hall–Kier alpha value is -1.35. The zero-order chi connectivity index (χ0) is 7.40. The van der Waals surface area contributed by atoms with Crippen LogP contribution in [0, 0.1) is 0 Å². The molecule has 0 spiro atoms. The molecular weight excluding hydrogens is 126 g/mol. The lowest BCUT2D eigenvalue weighted by Gasteiger charge is -1.99. The molecule has 3 heteroatoms. The van der Waals surface area contributed by atoms with Crippen LogP contribution < -0.4 is 11.3 Å². The average molecular weight is 135 g/mol. The topological polar surface area (TPSA) is 50.4 Å². The van der Waals surface area contributed by atoms with Crippen molar-refractivity contribution in [3.05, 3.63) is 36.2 Å². The second-order valence-corrected chi connectivity index (χ2v) is 1.79. The van der Waals surface area contributed by atoms with Crippen molar-refractivity contribution in [2.24, 2.45) is 10.8 Å². The minimum atomic E-state index is 0.817. The van der Waals surface area contributed by atoms with E-state index in [4.69, 9.17) is 5.84 Å². The smallest absolute Gasteiger partial charge is 0.0874 e. The number of hydrogen-bond donors (Lipinski definition) is 2. The molecule has 0 amide bonds. The van der Waals surface area contributed by atoms with Crippen molar-refractivity contribution >= 4 is 6.21 Å². The van der Waals surface area contributed by atoms with Crippen molar-refractivity contribution < 1.29 is 0 Å². The van der Waals surface area contributed by atoms with Crippen molar-refractivity contribution in [2.45, 2.75) is 0 Å². The van der Waals surface area contributed by atoms with Crippen molar-refractivity contribution in [3.8, 4) is 0 Å². The van der Waals surface area contributed by atoms with Gasteiger partial charge in [-0.05, 0) is 12.2 Å². The second kappa shape index (κ2) is 2.98. The molecule has 0 unspecified atom stereocenters. The lowest BCUT2D eigenvalue weighted by atomic mass is 10.3. The van der Waals surface area contributed by atoms with E-state index in [0.717, 1.165) is 11.4 Å². The number of hydrazine groups is 1. The molecular formula is C7H9N3. The zero-order valence-corrected chi connectivity index (χ0v) is 5.54. The largest absolute Gasteiger partial charge is 0.322 e. The maximum atomic E-state index is 5.18. The summed E-state index contributed by atoms with van der Waals surface area (Å²) in [7, 11) is 0. The van der Waals surface area contributed by atoms with Gasteiger partial charge in [0.2, 0.25) is 0 Å². The number of allylic oxidation sites excluding steroid dienone is 3. The van der Waals surface area contributed by atoms with Gasteiger partial charge in [0.1, 0.15) is 0 Å². The second-order valence-electron chi connectivity index (χ2n) is 1.79. The van der Waals surface area contributed by atoms with E-state index >= 15 is 0 Å². The van der Waals surface area contributed by atoms with E-state index in [1.807, 2.05) is 0 Å². The third kappa shape index (κ3) is 1.14. The van der Waals surface area contributed by atoms with Gasteiger partial charge in [0, 0.05) is 6.21 Å². The highest BCUT2D eigenvalue weighted by Crippen LogP contribution is 2.11. The molecule has 1 aliphatic rings. The Bertz CT molecular complexity index is 223. The molecule has 52 valence electrons. The Kier molecular flexibility index (Phi) is 2.02. The summed E-state index contributed by atoms with van der Waals surface area (Å²) in [6.45, 7) is 3.55. The molecule has 0 saturated heterocycles. The average Bonchev–Trinajstić information content (AvgIpc) is 2.36. The summed E-state index contributed by atoms with van der Waals surface area (Å²) in [5.41, 5.74) is 4.16. The highest BCUT2D eigenvalue weighted by molar-refractivity contribution is 5.79. The first kappa shape index (κ1) is 6.77. The van der Waals surface area contributed by atoms with E-state index in [-0.39, 0.29) is 0 Å². The molecule has 3 N–H and O–H groups in total. The summed E-state index contributed by atoms with van der Waals surface area (Å²) in [4.78, 5) is 4.01. The summed E-state index contributed by atoms with van der Waals surface area (Å²) < 4.78 is 0. The van der Waals surface area contributed by atoms with E-state index < -0.39 is 0 Å². The van der Waals surface area contributed by atoms with Gasteiger partial charge in [0.15, 0.2) is 0 Å². The standard InChI is InChI=1S/C7H9N3/c1-2-3-6-7(10-8)4-5-9-6/h2-5,10H,1,8H2/b6-3+. The number of nitrogens with zero attached hydrogens (tertiary/aromatic N) is 1. The monoisotopic (exact) mass is 135 g/mol. The van der Waals surface area contributed by atoms with Gasteiger partial charge in [-0.15, -0.1) is 0 Å². The molecule has 3 nitrogen and oxygen atoms in total. The summed E-state index contributed by atoms with van der Waals surface area (Å²) >= 11 is 0. The molecule has 0 fully saturated rings. The molecule has 0 radical (unpaired) electrons. The van der Waals surface area contributed by atoms with Crippen molar-refractivity contribution in [1.29, 1.82) is 0 Å². The van der Waals surface area contributed by atoms with Gasteiger partial charge in [0.25, 0.3) is 0 Å². The third-order valence-corrected chi connectivity index (χ3v) is 1.16. The van der Waals surface area contributed by atoms with Gasteiger partial charge in [-0.3, -0.25) is 10.8 Å². The predicted molar refractivity (Wildman–Crippen MR) is 42.2 cm³/mol. The Morgan fingerprint density at radius 2 is 2.50 bits per heavy atom. The number of nitrogens with two attached hydrogens (primary N) is 1. The molecule has 0 aromatic rings. The Morgan fingerprint density at radius 1 is 1.70 bits per heavy atom. The van der Waals surface area contributed by atoms with Crippen LogP contribution in [0.5, 0.6) is 0 Å². The van der Waals surface area contributed by atoms with Crippen LogP contribution in [0.3, 0.4) is 0 Å². The van der Waals surface area contributed by atoms with Gasteiger partial charge < -0.3 is 5.43 Å². The molecule has 1 aliphatic heterocycles. The van der Waals surface area contributed by atoms with Crippen molar-refractivity contribution in [2.75, 3.05) is 0 Å². The lowest BCUT2D eigenvalue weighted by molar-refractivity contribution is 0.899. The van der Waals surface area contributed by atoms with Crippen LogP contribution in [0.4, 0.5) is 0 Å². The first-order chi connectivity index (χ1) is 4.88. The van der Waals surface area contributed by atoms with Gasteiger partial charge in [-0.2, -0.15) is 0 Å². The van der Waals surface area contributed by atoms with Crippen molar-refractivity contribution in [1.82, 2.24) is 5.43 Å². The predicted octanol–water partition coefficient (Wildman–Crippen LogP) is 0.488. The summed E-state index contributed by atoms with van der Waals surface area (Å²) in [6, 6.07) is 0. The first-order valence-electron chi connectivity index (χ1n) is 2.92. The van der Waals surface area contributed by atoms with Crippen LogP contribution in [0.2, 0.25) is 0 Å². The molecule has 0 saturated carbocycles. The fraction of sp³-hybridized carbons (Fsp3) is 0. The fourth-order valence-electron chi connectivity index (χ4n) is 0.714.